The molecule has 0 atom stereocenters. The highest BCUT2D eigenvalue weighted by Crippen LogP contribution is 2.32. The summed E-state index contributed by atoms with van der Waals surface area (Å²) in [5.74, 6) is -0.465. The number of amides is 1. The molecule has 3 aromatic carbocycles. The van der Waals surface area contributed by atoms with Crippen LogP contribution in [0.15, 0.2) is 60.2 Å². The van der Waals surface area contributed by atoms with Crippen LogP contribution < -0.4 is 14.8 Å². The third-order valence-corrected chi connectivity index (χ3v) is 5.50. The number of aromatic hydroxyl groups is 1. The summed E-state index contributed by atoms with van der Waals surface area (Å²) in [6.07, 6.45) is 1.34. The van der Waals surface area contributed by atoms with Gasteiger partial charge in [-0.3, -0.25) is 14.9 Å². The van der Waals surface area contributed by atoms with Gasteiger partial charge in [-0.25, -0.2) is 0 Å². The van der Waals surface area contributed by atoms with Crippen molar-refractivity contribution in [3.8, 4) is 23.3 Å². The van der Waals surface area contributed by atoms with Crippen molar-refractivity contribution in [3.63, 3.8) is 0 Å². The summed E-state index contributed by atoms with van der Waals surface area (Å²) >= 11 is 12.0. The molecular formula is C25H19Cl2N3O6. The number of ether oxygens (including phenoxy) is 2. The van der Waals surface area contributed by atoms with Gasteiger partial charge in [0.2, 0.25) is 0 Å². The smallest absolute Gasteiger partial charge is 0.273 e. The van der Waals surface area contributed by atoms with Crippen LogP contribution in [-0.2, 0) is 11.4 Å². The van der Waals surface area contributed by atoms with Gasteiger partial charge in [0.15, 0.2) is 11.5 Å². The van der Waals surface area contributed by atoms with Crippen molar-refractivity contribution in [2.75, 3.05) is 11.9 Å². The highest BCUT2D eigenvalue weighted by atomic mass is 35.5. The van der Waals surface area contributed by atoms with Crippen molar-refractivity contribution in [2.24, 2.45) is 0 Å². The number of nitrogens with zero attached hydrogens (tertiary/aromatic N) is 2. The molecule has 9 nitrogen and oxygen atoms in total. The molecule has 3 aromatic rings. The van der Waals surface area contributed by atoms with Gasteiger partial charge in [0.1, 0.15) is 24.0 Å². The van der Waals surface area contributed by atoms with Gasteiger partial charge in [-0.05, 0) is 54.5 Å². The van der Waals surface area contributed by atoms with Gasteiger partial charge in [0.05, 0.1) is 33.3 Å². The molecule has 0 spiro atoms. The molecule has 0 aliphatic heterocycles. The van der Waals surface area contributed by atoms with Crippen LogP contribution in [0.3, 0.4) is 0 Å². The first-order valence-corrected chi connectivity index (χ1v) is 11.2. The number of nitro groups is 1. The minimum absolute atomic E-state index is 0.0761. The Balaban J connectivity index is 1.79. The number of nitro benzene ring substituents is 1. The first-order chi connectivity index (χ1) is 17.2. The SMILES string of the molecule is CCOc1cc(/C=C(\C#N)C(=O)Nc2ccc([N+](=O)[O-])cc2O)ccc1OCc1ccc(Cl)c(Cl)c1. The molecule has 0 saturated carbocycles. The van der Waals surface area contributed by atoms with Gasteiger partial charge in [0, 0.05) is 6.07 Å². The van der Waals surface area contributed by atoms with Gasteiger partial charge in [-0.1, -0.05) is 35.3 Å². The van der Waals surface area contributed by atoms with E-state index in [1.54, 1.807) is 49.4 Å². The lowest BCUT2D eigenvalue weighted by Gasteiger charge is -2.13. The number of hydrogen-bond acceptors (Lipinski definition) is 7. The zero-order chi connectivity index (χ0) is 26.2. The maximum atomic E-state index is 12.6. The van der Waals surface area contributed by atoms with Crippen LogP contribution in [0, 0.1) is 21.4 Å². The van der Waals surface area contributed by atoms with Crippen LogP contribution in [0.5, 0.6) is 17.2 Å². The molecule has 2 N–H and O–H groups in total. The summed E-state index contributed by atoms with van der Waals surface area (Å²) in [7, 11) is 0. The fraction of sp³-hybridized carbons (Fsp3) is 0.120. The van der Waals surface area contributed by atoms with E-state index in [1.165, 1.54) is 12.1 Å². The number of nitrogens with one attached hydrogen (secondary N) is 1. The predicted octanol–water partition coefficient (Wildman–Crippen LogP) is 6.13. The molecule has 0 bridgehead atoms. The summed E-state index contributed by atoms with van der Waals surface area (Å²) in [5, 5.41) is 33.5. The Bertz CT molecular complexity index is 1380. The fourth-order valence-corrected chi connectivity index (χ4v) is 3.36. The normalized spacial score (nSPS) is 10.9. The van der Waals surface area contributed by atoms with E-state index in [-0.39, 0.29) is 23.6 Å². The number of hydrogen-bond donors (Lipinski definition) is 2. The lowest BCUT2D eigenvalue weighted by Crippen LogP contribution is -2.13. The number of nitriles is 1. The van der Waals surface area contributed by atoms with Crippen LogP contribution in [0.25, 0.3) is 6.08 Å². The van der Waals surface area contributed by atoms with Crippen molar-refractivity contribution < 1.29 is 24.3 Å². The predicted molar refractivity (Wildman–Crippen MR) is 135 cm³/mol. The van der Waals surface area contributed by atoms with Gasteiger partial charge in [-0.2, -0.15) is 5.26 Å². The van der Waals surface area contributed by atoms with Gasteiger partial charge in [-0.15, -0.1) is 0 Å². The Morgan fingerprint density at radius 2 is 1.89 bits per heavy atom. The van der Waals surface area contributed by atoms with E-state index < -0.39 is 16.6 Å². The summed E-state index contributed by atoms with van der Waals surface area (Å²) < 4.78 is 11.5. The van der Waals surface area contributed by atoms with Crippen molar-refractivity contribution in [1.29, 1.82) is 5.26 Å². The van der Waals surface area contributed by atoms with Crippen LogP contribution in [-0.4, -0.2) is 22.5 Å². The monoisotopic (exact) mass is 527 g/mol. The van der Waals surface area contributed by atoms with E-state index in [4.69, 9.17) is 32.7 Å². The van der Waals surface area contributed by atoms with Gasteiger partial charge < -0.3 is 19.9 Å². The Labute approximate surface area is 216 Å². The summed E-state index contributed by atoms with van der Waals surface area (Å²) in [6.45, 7) is 2.36. The van der Waals surface area contributed by atoms with Gasteiger partial charge >= 0.3 is 0 Å². The van der Waals surface area contributed by atoms with E-state index in [0.717, 1.165) is 17.7 Å². The van der Waals surface area contributed by atoms with E-state index in [1.807, 2.05) is 0 Å². The second-order valence-electron chi connectivity index (χ2n) is 7.26. The largest absolute Gasteiger partial charge is 0.506 e. The summed E-state index contributed by atoms with van der Waals surface area (Å²) in [6, 6.07) is 15.0. The molecule has 0 aliphatic carbocycles. The molecule has 0 saturated heterocycles. The summed E-state index contributed by atoms with van der Waals surface area (Å²) in [4.78, 5) is 22.7. The van der Waals surface area contributed by atoms with Crippen LogP contribution in [0.2, 0.25) is 10.0 Å². The maximum absolute atomic E-state index is 12.6. The lowest BCUT2D eigenvalue weighted by atomic mass is 10.1. The first kappa shape index (κ1) is 26.3. The zero-order valence-electron chi connectivity index (χ0n) is 18.8. The average molecular weight is 528 g/mol. The van der Waals surface area contributed by atoms with Crippen molar-refractivity contribution in [1.82, 2.24) is 0 Å². The topological polar surface area (TPSA) is 135 Å². The second kappa shape index (κ2) is 11.9. The molecule has 0 aliphatic rings. The number of phenols is 1. The van der Waals surface area contributed by atoms with E-state index >= 15 is 0 Å². The number of halogens is 2. The van der Waals surface area contributed by atoms with E-state index in [2.05, 4.69) is 5.32 Å². The molecule has 36 heavy (non-hydrogen) atoms. The molecule has 1 amide bonds. The number of benzene rings is 3. The number of phenolic OH excluding ortho intramolecular Hbond substituents is 1. The minimum atomic E-state index is -0.806. The lowest BCUT2D eigenvalue weighted by molar-refractivity contribution is -0.384. The highest BCUT2D eigenvalue weighted by Gasteiger charge is 2.16. The Morgan fingerprint density at radius 1 is 1.11 bits per heavy atom. The van der Waals surface area contributed by atoms with Gasteiger partial charge in [0.25, 0.3) is 11.6 Å². The van der Waals surface area contributed by atoms with Crippen LogP contribution in [0.4, 0.5) is 11.4 Å². The second-order valence-corrected chi connectivity index (χ2v) is 8.07. The molecule has 0 radical (unpaired) electrons. The van der Waals surface area contributed by atoms with Crippen molar-refractivity contribution in [2.45, 2.75) is 13.5 Å². The van der Waals surface area contributed by atoms with E-state index in [0.29, 0.717) is 33.7 Å². The number of rotatable bonds is 9. The van der Waals surface area contributed by atoms with E-state index in [9.17, 15) is 25.3 Å². The molecule has 184 valence electrons. The Morgan fingerprint density at radius 3 is 2.53 bits per heavy atom. The number of anilines is 1. The summed E-state index contributed by atoms with van der Waals surface area (Å²) in [5.41, 5.74) is 0.604. The Kier molecular flexibility index (Phi) is 8.73. The standard InChI is InChI=1S/C25H19Cl2N3O6/c1-2-35-24-11-15(4-8-23(24)36-14-16-3-6-19(26)20(27)10-16)9-17(13-28)25(32)29-21-7-5-18(30(33)34)12-22(21)31/h3-12,31H,2,14H2,1H3,(H,29,32)/b17-9+. The molecule has 0 aromatic heterocycles. The average Bonchev–Trinajstić information content (AvgIpc) is 2.85. The molecular weight excluding hydrogens is 509 g/mol. The first-order valence-electron chi connectivity index (χ1n) is 10.5. The van der Waals surface area contributed by atoms with Crippen LogP contribution in [0.1, 0.15) is 18.1 Å². The minimum Gasteiger partial charge on any atom is -0.506 e. The van der Waals surface area contributed by atoms with Crippen molar-refractivity contribution >= 4 is 46.6 Å². The number of carbonyl (C=O) groups is 1. The molecule has 0 heterocycles. The number of carbonyl (C=O) groups excluding carboxylic acids is 1. The third-order valence-electron chi connectivity index (χ3n) is 4.76. The highest BCUT2D eigenvalue weighted by molar-refractivity contribution is 6.42. The zero-order valence-corrected chi connectivity index (χ0v) is 20.3. The third kappa shape index (κ3) is 6.66. The van der Waals surface area contributed by atoms with Crippen molar-refractivity contribution in [3.05, 3.63) is 91.5 Å². The number of non-ortho nitro benzene ring substituents is 1. The molecule has 0 unspecified atom stereocenters. The Hall–Kier alpha value is -4.26. The maximum Gasteiger partial charge on any atom is 0.273 e. The fourth-order valence-electron chi connectivity index (χ4n) is 3.04. The van der Waals surface area contributed by atoms with Crippen LogP contribution >= 0.6 is 23.2 Å². The molecule has 3 rings (SSSR count). The quantitative estimate of drug-likeness (QED) is 0.112. The molecule has 0 fully saturated rings. The molecule has 11 heteroatoms.